The molecule has 0 unspecified atom stereocenters. The molecule has 0 aliphatic heterocycles. The van der Waals surface area contributed by atoms with Gasteiger partial charge in [0.15, 0.2) is 5.92 Å². The lowest BCUT2D eigenvalue weighted by molar-refractivity contribution is -0.150. The summed E-state index contributed by atoms with van der Waals surface area (Å²) in [6.07, 6.45) is 0. The van der Waals surface area contributed by atoms with E-state index in [0.717, 1.165) is 11.3 Å². The number of carboxylic acids is 2. The summed E-state index contributed by atoms with van der Waals surface area (Å²) >= 11 is 0. The molecule has 0 aliphatic carbocycles. The van der Waals surface area contributed by atoms with Gasteiger partial charge in [0, 0.05) is 10.9 Å². The first-order valence-corrected chi connectivity index (χ1v) is 6.98. The van der Waals surface area contributed by atoms with E-state index in [-0.39, 0.29) is 5.56 Å². The van der Waals surface area contributed by atoms with Crippen molar-refractivity contribution in [2.45, 2.75) is 5.92 Å². The summed E-state index contributed by atoms with van der Waals surface area (Å²) in [5.74, 6) is -4.34. The Labute approximate surface area is 131 Å². The van der Waals surface area contributed by atoms with Crippen molar-refractivity contribution in [1.29, 1.82) is 0 Å². The molecule has 3 aromatic rings. The predicted octanol–water partition coefficient (Wildman–Crippen LogP) is 3.15. The van der Waals surface area contributed by atoms with Crippen molar-refractivity contribution >= 4 is 22.8 Å². The average Bonchev–Trinajstić information content (AvgIpc) is 2.54. The molecule has 0 fully saturated rings. The number of carboxylic acid groups (broad SMARTS) is 2. The van der Waals surface area contributed by atoms with Gasteiger partial charge in [-0.05, 0) is 23.8 Å². The topological polar surface area (TPSA) is 87.5 Å². The average molecular weight is 307 g/mol. The highest BCUT2D eigenvalue weighted by Crippen LogP contribution is 2.25. The van der Waals surface area contributed by atoms with E-state index < -0.39 is 17.9 Å². The number of rotatable bonds is 4. The first kappa shape index (κ1) is 14.7. The molecule has 3 rings (SSSR count). The fraction of sp³-hybridized carbons (Fsp3) is 0.0556. The molecule has 0 amide bonds. The smallest absolute Gasteiger partial charge is 0.322 e. The minimum atomic E-state index is -1.58. The van der Waals surface area contributed by atoms with Crippen LogP contribution >= 0.6 is 0 Å². The molecule has 0 radical (unpaired) electrons. The van der Waals surface area contributed by atoms with Gasteiger partial charge in [0.2, 0.25) is 0 Å². The van der Waals surface area contributed by atoms with Crippen LogP contribution in [0.1, 0.15) is 11.5 Å². The zero-order valence-corrected chi connectivity index (χ0v) is 12.0. The van der Waals surface area contributed by atoms with Gasteiger partial charge in [0.25, 0.3) is 0 Å². The van der Waals surface area contributed by atoms with Crippen LogP contribution in [0, 0.1) is 0 Å². The van der Waals surface area contributed by atoms with E-state index >= 15 is 0 Å². The van der Waals surface area contributed by atoms with E-state index in [2.05, 4.69) is 4.98 Å². The zero-order valence-electron chi connectivity index (χ0n) is 12.0. The fourth-order valence-electron chi connectivity index (χ4n) is 2.48. The summed E-state index contributed by atoms with van der Waals surface area (Å²) in [5, 5.41) is 18.8. The molecule has 0 saturated heterocycles. The first-order valence-electron chi connectivity index (χ1n) is 6.98. The number of nitrogens with zero attached hydrogens (tertiary/aromatic N) is 1. The molecule has 1 aromatic heterocycles. The Bertz CT molecular complexity index is 876. The number of aliphatic carboxylic acids is 2. The van der Waals surface area contributed by atoms with Crippen molar-refractivity contribution in [3.63, 3.8) is 0 Å². The standard InChI is InChI=1S/C18H13NO4/c20-17(21)16(18(22)23)13-7-9-15-12(10-13)6-8-14(19-15)11-4-2-1-3-5-11/h1-10,16H,(H,20,21)(H,22,23). The second-order valence-electron chi connectivity index (χ2n) is 5.12. The van der Waals surface area contributed by atoms with Gasteiger partial charge in [-0.25, -0.2) is 4.98 Å². The lowest BCUT2D eigenvalue weighted by Gasteiger charge is -2.09. The van der Waals surface area contributed by atoms with E-state index in [0.29, 0.717) is 10.9 Å². The van der Waals surface area contributed by atoms with Crippen LogP contribution in [0.5, 0.6) is 0 Å². The maximum absolute atomic E-state index is 11.1. The van der Waals surface area contributed by atoms with Crippen LogP contribution in [0.2, 0.25) is 0 Å². The number of fused-ring (bicyclic) bond motifs is 1. The molecule has 23 heavy (non-hydrogen) atoms. The van der Waals surface area contributed by atoms with Crippen LogP contribution in [0.15, 0.2) is 60.7 Å². The summed E-state index contributed by atoms with van der Waals surface area (Å²) in [6, 6.07) is 18.0. The first-order chi connectivity index (χ1) is 11.1. The molecule has 0 atom stereocenters. The Morgan fingerprint density at radius 1 is 0.870 bits per heavy atom. The third kappa shape index (κ3) is 2.89. The highest BCUT2D eigenvalue weighted by Gasteiger charge is 2.27. The highest BCUT2D eigenvalue weighted by molar-refractivity contribution is 6.00. The molecule has 2 N–H and O–H groups in total. The van der Waals surface area contributed by atoms with E-state index in [4.69, 9.17) is 10.2 Å². The normalized spacial score (nSPS) is 10.8. The van der Waals surface area contributed by atoms with Gasteiger partial charge in [-0.15, -0.1) is 0 Å². The van der Waals surface area contributed by atoms with Gasteiger partial charge in [0.05, 0.1) is 11.2 Å². The van der Waals surface area contributed by atoms with Gasteiger partial charge < -0.3 is 10.2 Å². The number of benzene rings is 2. The Balaban J connectivity index is 2.06. The monoisotopic (exact) mass is 307 g/mol. The number of pyridine rings is 1. The van der Waals surface area contributed by atoms with Crippen molar-refractivity contribution < 1.29 is 19.8 Å². The minimum absolute atomic E-state index is 0.228. The molecule has 2 aromatic carbocycles. The number of carbonyl (C=O) groups is 2. The Morgan fingerprint density at radius 2 is 1.57 bits per heavy atom. The third-order valence-electron chi connectivity index (χ3n) is 3.61. The molecule has 1 heterocycles. The van der Waals surface area contributed by atoms with Gasteiger partial charge in [-0.3, -0.25) is 9.59 Å². The highest BCUT2D eigenvalue weighted by atomic mass is 16.4. The fourth-order valence-corrected chi connectivity index (χ4v) is 2.48. The molecule has 5 heteroatoms. The minimum Gasteiger partial charge on any atom is -0.480 e. The largest absolute Gasteiger partial charge is 0.480 e. The van der Waals surface area contributed by atoms with Crippen molar-refractivity contribution in [1.82, 2.24) is 4.98 Å². The van der Waals surface area contributed by atoms with Crippen molar-refractivity contribution in [3.8, 4) is 11.3 Å². The van der Waals surface area contributed by atoms with E-state index in [1.54, 1.807) is 12.1 Å². The van der Waals surface area contributed by atoms with Crippen LogP contribution in [-0.4, -0.2) is 27.1 Å². The van der Waals surface area contributed by atoms with E-state index in [1.165, 1.54) is 6.07 Å². The second kappa shape index (κ2) is 5.88. The van der Waals surface area contributed by atoms with Gasteiger partial charge in [-0.1, -0.05) is 42.5 Å². The second-order valence-corrected chi connectivity index (χ2v) is 5.12. The van der Waals surface area contributed by atoms with E-state index in [1.807, 2.05) is 42.5 Å². The molecular formula is C18H13NO4. The summed E-state index contributed by atoms with van der Waals surface area (Å²) in [6.45, 7) is 0. The molecular weight excluding hydrogens is 294 g/mol. The molecule has 5 nitrogen and oxygen atoms in total. The lowest BCUT2D eigenvalue weighted by Crippen LogP contribution is -2.20. The zero-order chi connectivity index (χ0) is 16.4. The van der Waals surface area contributed by atoms with Crippen molar-refractivity contribution in [3.05, 3.63) is 66.2 Å². The lowest BCUT2D eigenvalue weighted by atomic mass is 9.97. The van der Waals surface area contributed by atoms with Crippen molar-refractivity contribution in [2.75, 3.05) is 0 Å². The number of hydrogen-bond donors (Lipinski definition) is 2. The summed E-state index contributed by atoms with van der Waals surface area (Å²) in [7, 11) is 0. The number of aromatic nitrogens is 1. The van der Waals surface area contributed by atoms with Gasteiger partial charge in [-0.2, -0.15) is 0 Å². The SMILES string of the molecule is O=C(O)C(C(=O)O)c1ccc2nc(-c3ccccc3)ccc2c1. The third-order valence-corrected chi connectivity index (χ3v) is 3.61. The predicted molar refractivity (Wildman–Crippen MR) is 85.2 cm³/mol. The van der Waals surface area contributed by atoms with Gasteiger partial charge in [0.1, 0.15) is 0 Å². The maximum Gasteiger partial charge on any atom is 0.322 e. The number of hydrogen-bond acceptors (Lipinski definition) is 3. The van der Waals surface area contributed by atoms with Crippen LogP contribution in [0.4, 0.5) is 0 Å². The van der Waals surface area contributed by atoms with Crippen LogP contribution in [0.3, 0.4) is 0 Å². The maximum atomic E-state index is 11.1. The van der Waals surface area contributed by atoms with E-state index in [9.17, 15) is 9.59 Å². The Morgan fingerprint density at radius 3 is 2.22 bits per heavy atom. The molecule has 0 bridgehead atoms. The Hall–Kier alpha value is -3.21. The van der Waals surface area contributed by atoms with Crippen LogP contribution < -0.4 is 0 Å². The molecule has 0 aliphatic rings. The molecule has 114 valence electrons. The summed E-state index contributed by atoms with van der Waals surface area (Å²) in [5.41, 5.74) is 2.70. The summed E-state index contributed by atoms with van der Waals surface area (Å²) < 4.78 is 0. The van der Waals surface area contributed by atoms with Crippen LogP contribution in [0.25, 0.3) is 22.2 Å². The van der Waals surface area contributed by atoms with Gasteiger partial charge >= 0.3 is 11.9 Å². The molecule has 0 saturated carbocycles. The van der Waals surface area contributed by atoms with Crippen LogP contribution in [-0.2, 0) is 9.59 Å². The quantitative estimate of drug-likeness (QED) is 0.723. The summed E-state index contributed by atoms with van der Waals surface area (Å²) in [4.78, 5) is 26.8. The van der Waals surface area contributed by atoms with Crippen molar-refractivity contribution in [2.24, 2.45) is 0 Å². The molecule has 0 spiro atoms. The Kier molecular flexibility index (Phi) is 3.76.